The first-order valence-electron chi connectivity index (χ1n) is 11.7. The standard InChI is InChI=1S/C26H26N4O3S3/c1-4-11-30-23(18-13-34-19-8-6-5-7-16(18)19)28-29-26(30)35-14-21(31)27-24-22(25(32)33-3)17-10-9-15(2)12-20(17)36-24/h4-8,13,15H,1,9-12,14H2,2-3H3,(H,27,31). The third-order valence-electron chi connectivity index (χ3n) is 6.24. The second kappa shape index (κ2) is 10.6. The number of rotatable bonds is 8. The van der Waals surface area contributed by atoms with Gasteiger partial charge in [0.05, 0.1) is 18.4 Å². The first-order chi connectivity index (χ1) is 17.5. The zero-order valence-corrected chi connectivity index (χ0v) is 22.5. The Morgan fingerprint density at radius 1 is 1.33 bits per heavy atom. The van der Waals surface area contributed by atoms with Crippen LogP contribution in [0.15, 0.2) is 47.5 Å². The van der Waals surface area contributed by atoms with Gasteiger partial charge in [0, 0.05) is 32.5 Å². The van der Waals surface area contributed by atoms with Gasteiger partial charge in [0.2, 0.25) is 5.91 Å². The molecule has 1 aliphatic rings. The van der Waals surface area contributed by atoms with Crippen LogP contribution >= 0.6 is 34.4 Å². The maximum absolute atomic E-state index is 13.0. The molecule has 3 heterocycles. The van der Waals surface area contributed by atoms with Crippen LogP contribution in [-0.2, 0) is 28.9 Å². The number of esters is 1. The van der Waals surface area contributed by atoms with Crippen LogP contribution in [0.2, 0.25) is 0 Å². The van der Waals surface area contributed by atoms with Crippen molar-refractivity contribution in [2.75, 3.05) is 18.2 Å². The summed E-state index contributed by atoms with van der Waals surface area (Å²) in [4.78, 5) is 26.6. The molecule has 10 heteroatoms. The number of thioether (sulfide) groups is 1. The lowest BCUT2D eigenvalue weighted by Crippen LogP contribution is -2.17. The molecule has 7 nitrogen and oxygen atoms in total. The van der Waals surface area contributed by atoms with Gasteiger partial charge in [-0.05, 0) is 36.8 Å². The quantitative estimate of drug-likeness (QED) is 0.167. The van der Waals surface area contributed by atoms with Crippen molar-refractivity contribution in [1.29, 1.82) is 0 Å². The Morgan fingerprint density at radius 2 is 2.17 bits per heavy atom. The minimum Gasteiger partial charge on any atom is -0.465 e. The Bertz CT molecular complexity index is 1450. The van der Waals surface area contributed by atoms with Crippen LogP contribution in [0.1, 0.15) is 34.1 Å². The van der Waals surface area contributed by atoms with Crippen LogP contribution in [0.25, 0.3) is 21.5 Å². The maximum atomic E-state index is 13.0. The summed E-state index contributed by atoms with van der Waals surface area (Å²) in [5, 5.41) is 16.2. The predicted octanol–water partition coefficient (Wildman–Crippen LogP) is 6.05. The van der Waals surface area contributed by atoms with Crippen LogP contribution in [0.4, 0.5) is 5.00 Å². The molecule has 4 aromatic rings. The van der Waals surface area contributed by atoms with Gasteiger partial charge in [0.1, 0.15) is 5.00 Å². The van der Waals surface area contributed by atoms with E-state index in [4.69, 9.17) is 4.74 Å². The number of carbonyl (C=O) groups is 2. The van der Waals surface area contributed by atoms with Crippen molar-refractivity contribution in [3.63, 3.8) is 0 Å². The number of carbonyl (C=O) groups excluding carboxylic acids is 2. The van der Waals surface area contributed by atoms with Crippen molar-refractivity contribution in [3.8, 4) is 11.4 Å². The maximum Gasteiger partial charge on any atom is 0.341 e. The first kappa shape index (κ1) is 24.7. The van der Waals surface area contributed by atoms with Crippen molar-refractivity contribution in [2.24, 2.45) is 5.92 Å². The lowest BCUT2D eigenvalue weighted by Gasteiger charge is -2.18. The van der Waals surface area contributed by atoms with Crippen molar-refractivity contribution in [2.45, 2.75) is 37.9 Å². The van der Waals surface area contributed by atoms with Gasteiger partial charge < -0.3 is 10.1 Å². The van der Waals surface area contributed by atoms with Crippen LogP contribution in [-0.4, -0.2) is 39.5 Å². The molecule has 5 rings (SSSR count). The Balaban J connectivity index is 1.35. The van der Waals surface area contributed by atoms with E-state index in [9.17, 15) is 9.59 Å². The molecule has 1 atom stereocenters. The van der Waals surface area contributed by atoms with E-state index in [1.54, 1.807) is 17.4 Å². The first-order valence-corrected chi connectivity index (χ1v) is 14.3. The molecule has 1 amide bonds. The van der Waals surface area contributed by atoms with E-state index in [1.807, 2.05) is 16.7 Å². The second-order valence-corrected chi connectivity index (χ2v) is 11.7. The highest BCUT2D eigenvalue weighted by atomic mass is 32.2. The molecule has 1 aromatic carbocycles. The number of ether oxygens (including phenoxy) is 1. The Hall–Kier alpha value is -2.95. The lowest BCUT2D eigenvalue weighted by atomic mass is 9.88. The van der Waals surface area contributed by atoms with Gasteiger partial charge >= 0.3 is 5.97 Å². The number of aromatic nitrogens is 3. The van der Waals surface area contributed by atoms with Gasteiger partial charge in [-0.25, -0.2) is 4.79 Å². The number of thiophene rings is 2. The van der Waals surface area contributed by atoms with Crippen LogP contribution in [0.5, 0.6) is 0 Å². The van der Waals surface area contributed by atoms with Gasteiger partial charge in [0.25, 0.3) is 0 Å². The molecule has 0 radical (unpaired) electrons. The van der Waals surface area contributed by atoms with E-state index < -0.39 is 5.97 Å². The van der Waals surface area contributed by atoms with Crippen molar-refractivity contribution in [1.82, 2.24) is 14.8 Å². The minimum atomic E-state index is -0.400. The van der Waals surface area contributed by atoms with Crippen LogP contribution in [0, 0.1) is 5.92 Å². The zero-order valence-electron chi connectivity index (χ0n) is 20.1. The summed E-state index contributed by atoms with van der Waals surface area (Å²) in [7, 11) is 1.38. The Morgan fingerprint density at radius 3 is 2.97 bits per heavy atom. The van der Waals surface area contributed by atoms with Gasteiger partial charge in [-0.15, -0.1) is 39.4 Å². The third-order valence-corrected chi connectivity index (χ3v) is 9.34. The third kappa shape index (κ3) is 4.72. The number of nitrogens with zero attached hydrogens (tertiary/aromatic N) is 3. The lowest BCUT2D eigenvalue weighted by molar-refractivity contribution is -0.113. The number of hydrogen-bond acceptors (Lipinski definition) is 8. The number of nitrogens with one attached hydrogen (secondary N) is 1. The summed E-state index contributed by atoms with van der Waals surface area (Å²) in [6.45, 7) is 6.62. The topological polar surface area (TPSA) is 86.1 Å². The SMILES string of the molecule is C=CCn1c(SCC(=O)Nc2sc3c(c2C(=O)OC)CCC(C)C3)nnc1-c1csc2ccccc12. The summed E-state index contributed by atoms with van der Waals surface area (Å²) >= 11 is 4.47. The van der Waals surface area contributed by atoms with Gasteiger partial charge in [0.15, 0.2) is 11.0 Å². The molecule has 1 aliphatic carbocycles. The second-order valence-electron chi connectivity index (χ2n) is 8.74. The van der Waals surface area contributed by atoms with Crippen LogP contribution < -0.4 is 5.32 Å². The average molecular weight is 539 g/mol. The molecule has 0 spiro atoms. The van der Waals surface area contributed by atoms with E-state index in [2.05, 4.69) is 46.5 Å². The number of hydrogen-bond donors (Lipinski definition) is 1. The van der Waals surface area contributed by atoms with Crippen molar-refractivity contribution < 1.29 is 14.3 Å². The molecule has 0 fully saturated rings. The van der Waals surface area contributed by atoms with Crippen molar-refractivity contribution >= 4 is 61.4 Å². The molecule has 1 N–H and O–H groups in total. The fourth-order valence-corrected chi connectivity index (χ4v) is 7.59. The van der Waals surface area contributed by atoms with Gasteiger partial charge in [-0.3, -0.25) is 9.36 Å². The molecule has 1 unspecified atom stereocenters. The normalized spacial score (nSPS) is 15.0. The van der Waals surface area contributed by atoms with Gasteiger partial charge in [-0.2, -0.15) is 0 Å². The molecule has 0 saturated heterocycles. The smallest absolute Gasteiger partial charge is 0.341 e. The Kier molecular flexibility index (Phi) is 7.27. The fraction of sp³-hybridized carbons (Fsp3) is 0.308. The summed E-state index contributed by atoms with van der Waals surface area (Å²) in [5.74, 6) is 0.852. The van der Waals surface area contributed by atoms with E-state index in [1.165, 1.54) is 34.9 Å². The highest BCUT2D eigenvalue weighted by Crippen LogP contribution is 2.40. The molecule has 0 saturated carbocycles. The molecular formula is C26H26N4O3S3. The predicted molar refractivity (Wildman–Crippen MR) is 147 cm³/mol. The molecule has 0 bridgehead atoms. The summed E-state index contributed by atoms with van der Waals surface area (Å²) < 4.78 is 8.19. The Labute approximate surface area is 221 Å². The monoisotopic (exact) mass is 538 g/mol. The van der Waals surface area contributed by atoms with E-state index >= 15 is 0 Å². The minimum absolute atomic E-state index is 0.138. The summed E-state index contributed by atoms with van der Waals surface area (Å²) in [5.41, 5.74) is 2.54. The van der Waals surface area contributed by atoms with E-state index in [0.717, 1.165) is 46.5 Å². The average Bonchev–Trinajstić information content (AvgIpc) is 3.57. The summed E-state index contributed by atoms with van der Waals surface area (Å²) in [6.07, 6.45) is 4.56. The summed E-state index contributed by atoms with van der Waals surface area (Å²) in [6, 6.07) is 8.20. The van der Waals surface area contributed by atoms with Crippen LogP contribution in [0.3, 0.4) is 0 Å². The number of anilines is 1. The van der Waals surface area contributed by atoms with Crippen molar-refractivity contribution in [3.05, 3.63) is 58.3 Å². The number of benzene rings is 1. The fourth-order valence-electron chi connectivity index (χ4n) is 4.49. The highest BCUT2D eigenvalue weighted by molar-refractivity contribution is 7.99. The number of amides is 1. The zero-order chi connectivity index (χ0) is 25.2. The van der Waals surface area contributed by atoms with E-state index in [0.29, 0.717) is 28.2 Å². The van der Waals surface area contributed by atoms with E-state index in [-0.39, 0.29) is 11.7 Å². The number of methoxy groups -OCH3 is 1. The molecular weight excluding hydrogens is 513 g/mol. The molecule has 186 valence electrons. The largest absolute Gasteiger partial charge is 0.465 e. The number of fused-ring (bicyclic) bond motifs is 2. The molecule has 0 aliphatic heterocycles. The molecule has 3 aromatic heterocycles. The highest BCUT2D eigenvalue weighted by Gasteiger charge is 2.29. The molecule has 36 heavy (non-hydrogen) atoms. The number of allylic oxidation sites excluding steroid dienone is 1. The van der Waals surface area contributed by atoms with Gasteiger partial charge in [-0.1, -0.05) is 43.0 Å².